The van der Waals surface area contributed by atoms with Crippen LogP contribution in [0.5, 0.6) is 0 Å². The maximum atomic E-state index is 11.5. The van der Waals surface area contributed by atoms with Crippen LogP contribution < -0.4 is 0 Å². The number of alkyl halides is 1. The number of carbonyl (C=O) groups is 2. The predicted octanol–water partition coefficient (Wildman–Crippen LogP) is 1.37. The third kappa shape index (κ3) is 7.18. The van der Waals surface area contributed by atoms with Crippen molar-refractivity contribution in [1.29, 1.82) is 0 Å². The molecule has 5 nitrogen and oxygen atoms in total. The summed E-state index contributed by atoms with van der Waals surface area (Å²) < 4.78 is 14.7. The van der Waals surface area contributed by atoms with E-state index in [1.54, 1.807) is 13.8 Å². The fraction of sp³-hybridized carbons (Fsp3) is 0.818. The van der Waals surface area contributed by atoms with E-state index in [-0.39, 0.29) is 26.2 Å². The molecule has 0 aliphatic rings. The van der Waals surface area contributed by atoms with Gasteiger partial charge in [0.15, 0.2) is 5.92 Å². The lowest BCUT2D eigenvalue weighted by atomic mass is 10.1. The summed E-state index contributed by atoms with van der Waals surface area (Å²) in [7, 11) is 0. The number of hydrogen-bond donors (Lipinski definition) is 0. The molecule has 0 fully saturated rings. The third-order valence-corrected chi connectivity index (χ3v) is 2.07. The molecule has 0 aliphatic carbocycles. The largest absolute Gasteiger partial charge is 0.465 e. The standard InChI is InChI=1S/C11H19ClO5/c1-3-16-10(13)9(11(14)17-4-2)5-7-15-8-6-12/h9H,3-8H2,1-2H3. The van der Waals surface area contributed by atoms with Gasteiger partial charge in [0, 0.05) is 12.5 Å². The van der Waals surface area contributed by atoms with Crippen molar-refractivity contribution in [2.45, 2.75) is 20.3 Å². The highest BCUT2D eigenvalue weighted by atomic mass is 35.5. The maximum absolute atomic E-state index is 11.5. The summed E-state index contributed by atoms with van der Waals surface area (Å²) in [5.41, 5.74) is 0. The van der Waals surface area contributed by atoms with Crippen molar-refractivity contribution in [1.82, 2.24) is 0 Å². The molecule has 0 radical (unpaired) electrons. The Labute approximate surface area is 106 Å². The van der Waals surface area contributed by atoms with Gasteiger partial charge in [0.2, 0.25) is 0 Å². The van der Waals surface area contributed by atoms with Crippen molar-refractivity contribution in [3.05, 3.63) is 0 Å². The van der Waals surface area contributed by atoms with E-state index in [2.05, 4.69) is 0 Å². The molecule has 0 aromatic carbocycles. The van der Waals surface area contributed by atoms with Crippen molar-refractivity contribution >= 4 is 23.5 Å². The fourth-order valence-corrected chi connectivity index (χ4v) is 1.28. The summed E-state index contributed by atoms with van der Waals surface area (Å²) in [5, 5.41) is 0. The Bertz CT molecular complexity index is 214. The smallest absolute Gasteiger partial charge is 0.320 e. The molecule has 17 heavy (non-hydrogen) atoms. The minimum absolute atomic E-state index is 0.233. The average Bonchev–Trinajstić information content (AvgIpc) is 2.29. The van der Waals surface area contributed by atoms with Crippen LogP contribution in [0.1, 0.15) is 20.3 Å². The third-order valence-electron chi connectivity index (χ3n) is 1.91. The van der Waals surface area contributed by atoms with Crippen molar-refractivity contribution < 1.29 is 23.8 Å². The second kappa shape index (κ2) is 10.4. The van der Waals surface area contributed by atoms with Crippen molar-refractivity contribution in [2.75, 3.05) is 32.3 Å². The van der Waals surface area contributed by atoms with E-state index in [0.717, 1.165) is 0 Å². The highest BCUT2D eigenvalue weighted by molar-refractivity contribution is 6.17. The molecule has 0 saturated heterocycles. The van der Waals surface area contributed by atoms with Crippen LogP contribution in [0, 0.1) is 5.92 Å². The van der Waals surface area contributed by atoms with Gasteiger partial charge in [0.1, 0.15) is 0 Å². The van der Waals surface area contributed by atoms with E-state index in [4.69, 9.17) is 25.8 Å². The van der Waals surface area contributed by atoms with Crippen molar-refractivity contribution in [2.24, 2.45) is 5.92 Å². The van der Waals surface area contributed by atoms with Gasteiger partial charge in [0.25, 0.3) is 0 Å². The molecule has 100 valence electrons. The highest BCUT2D eigenvalue weighted by Gasteiger charge is 2.28. The molecular formula is C11H19ClO5. The summed E-state index contributed by atoms with van der Waals surface area (Å²) in [6, 6.07) is 0. The SMILES string of the molecule is CCOC(=O)C(CCOCCCl)C(=O)OCC. The van der Waals surface area contributed by atoms with Crippen LogP contribution in [-0.4, -0.2) is 44.2 Å². The molecule has 0 saturated carbocycles. The Balaban J connectivity index is 4.19. The minimum atomic E-state index is -0.912. The number of halogens is 1. The lowest BCUT2D eigenvalue weighted by Crippen LogP contribution is -2.29. The van der Waals surface area contributed by atoms with E-state index in [0.29, 0.717) is 12.5 Å². The van der Waals surface area contributed by atoms with Gasteiger partial charge >= 0.3 is 11.9 Å². The van der Waals surface area contributed by atoms with Crippen LogP contribution in [-0.2, 0) is 23.8 Å². The van der Waals surface area contributed by atoms with Gasteiger partial charge < -0.3 is 14.2 Å². The predicted molar refractivity (Wildman–Crippen MR) is 62.9 cm³/mol. The van der Waals surface area contributed by atoms with Crippen LogP contribution in [0.3, 0.4) is 0 Å². The van der Waals surface area contributed by atoms with Crippen LogP contribution in [0.15, 0.2) is 0 Å². The van der Waals surface area contributed by atoms with Gasteiger partial charge in [-0.3, -0.25) is 9.59 Å². The van der Waals surface area contributed by atoms with E-state index >= 15 is 0 Å². The van der Waals surface area contributed by atoms with Gasteiger partial charge in [-0.1, -0.05) is 0 Å². The second-order valence-corrected chi connectivity index (χ2v) is 3.52. The molecule has 0 spiro atoms. The van der Waals surface area contributed by atoms with E-state index in [1.807, 2.05) is 0 Å². The minimum Gasteiger partial charge on any atom is -0.465 e. The monoisotopic (exact) mass is 266 g/mol. The maximum Gasteiger partial charge on any atom is 0.320 e. The second-order valence-electron chi connectivity index (χ2n) is 3.15. The molecule has 0 heterocycles. The zero-order valence-corrected chi connectivity index (χ0v) is 11.0. The quantitative estimate of drug-likeness (QED) is 0.273. The van der Waals surface area contributed by atoms with Gasteiger partial charge in [0.05, 0.1) is 19.8 Å². The van der Waals surface area contributed by atoms with Crippen LogP contribution in [0.2, 0.25) is 0 Å². The fourth-order valence-electron chi connectivity index (χ4n) is 1.18. The summed E-state index contributed by atoms with van der Waals surface area (Å²) in [4.78, 5) is 23.0. The van der Waals surface area contributed by atoms with Crippen molar-refractivity contribution in [3.8, 4) is 0 Å². The first-order valence-electron chi connectivity index (χ1n) is 5.64. The lowest BCUT2D eigenvalue weighted by Gasteiger charge is -2.14. The molecule has 0 bridgehead atoms. The molecule has 0 N–H and O–H groups in total. The van der Waals surface area contributed by atoms with Crippen LogP contribution in [0.25, 0.3) is 0 Å². The molecule has 0 atom stereocenters. The summed E-state index contributed by atoms with van der Waals surface area (Å²) in [6.07, 6.45) is 0.245. The van der Waals surface area contributed by atoms with Crippen molar-refractivity contribution in [3.63, 3.8) is 0 Å². The van der Waals surface area contributed by atoms with E-state index in [1.165, 1.54) is 0 Å². The molecule has 0 aromatic heterocycles. The van der Waals surface area contributed by atoms with Crippen LogP contribution in [0.4, 0.5) is 0 Å². The highest BCUT2D eigenvalue weighted by Crippen LogP contribution is 2.09. The Kier molecular flexibility index (Phi) is 9.86. The van der Waals surface area contributed by atoms with Gasteiger partial charge in [-0.15, -0.1) is 11.6 Å². The number of rotatable bonds is 9. The molecule has 0 unspecified atom stereocenters. The van der Waals surface area contributed by atoms with E-state index in [9.17, 15) is 9.59 Å². The topological polar surface area (TPSA) is 61.8 Å². The Morgan fingerprint density at radius 1 is 1.06 bits per heavy atom. The van der Waals surface area contributed by atoms with Crippen LogP contribution >= 0.6 is 11.6 Å². The zero-order chi connectivity index (χ0) is 13.1. The van der Waals surface area contributed by atoms with E-state index < -0.39 is 17.9 Å². The number of esters is 2. The Hall–Kier alpha value is -0.810. The van der Waals surface area contributed by atoms with Gasteiger partial charge in [-0.05, 0) is 20.3 Å². The summed E-state index contributed by atoms with van der Waals surface area (Å²) in [5.74, 6) is -1.67. The molecule has 0 aromatic rings. The normalized spacial score (nSPS) is 10.4. The first-order valence-corrected chi connectivity index (χ1v) is 6.17. The summed E-state index contributed by atoms with van der Waals surface area (Å²) >= 11 is 5.43. The number of hydrogen-bond acceptors (Lipinski definition) is 5. The lowest BCUT2D eigenvalue weighted by molar-refractivity contribution is -0.162. The Morgan fingerprint density at radius 3 is 2.00 bits per heavy atom. The molecule has 0 amide bonds. The molecule has 0 rings (SSSR count). The zero-order valence-electron chi connectivity index (χ0n) is 10.2. The molecular weight excluding hydrogens is 248 g/mol. The van der Waals surface area contributed by atoms with Gasteiger partial charge in [-0.2, -0.15) is 0 Å². The first-order chi connectivity index (χ1) is 8.17. The molecule has 6 heteroatoms. The first kappa shape index (κ1) is 16.2. The average molecular weight is 267 g/mol. The molecule has 0 aliphatic heterocycles. The Morgan fingerprint density at radius 2 is 1.59 bits per heavy atom. The number of carbonyl (C=O) groups excluding carboxylic acids is 2. The summed E-state index contributed by atoms with van der Waals surface area (Å²) in [6.45, 7) is 4.50. The number of ether oxygens (including phenoxy) is 3. The van der Waals surface area contributed by atoms with Gasteiger partial charge in [-0.25, -0.2) is 0 Å².